The second kappa shape index (κ2) is 5.15. The van der Waals surface area contributed by atoms with Crippen LogP contribution in [0.5, 0.6) is 0 Å². The van der Waals surface area contributed by atoms with Gasteiger partial charge in [0.25, 0.3) is 0 Å². The van der Waals surface area contributed by atoms with Gasteiger partial charge in [0.2, 0.25) is 9.84 Å². The summed E-state index contributed by atoms with van der Waals surface area (Å²) in [4.78, 5) is -0.411. The SMILES string of the molecule is C#CC(C)Nc1ccc(S(=O)(=O)C(F)F)cc1. The second-order valence-corrected chi connectivity index (χ2v) is 5.28. The Hall–Kier alpha value is -1.61. The van der Waals surface area contributed by atoms with Gasteiger partial charge in [0.1, 0.15) is 0 Å². The molecule has 1 N–H and O–H groups in total. The smallest absolute Gasteiger partial charge is 0.341 e. The van der Waals surface area contributed by atoms with Crippen molar-refractivity contribution in [1.29, 1.82) is 0 Å². The number of terminal acetylenes is 1. The van der Waals surface area contributed by atoms with Crippen LogP contribution < -0.4 is 5.32 Å². The lowest BCUT2D eigenvalue weighted by Crippen LogP contribution is -2.13. The summed E-state index contributed by atoms with van der Waals surface area (Å²) in [6.07, 6.45) is 5.15. The van der Waals surface area contributed by atoms with Crippen molar-refractivity contribution in [3.8, 4) is 12.3 Å². The van der Waals surface area contributed by atoms with Crippen molar-refractivity contribution in [3.05, 3.63) is 24.3 Å². The van der Waals surface area contributed by atoms with Crippen LogP contribution >= 0.6 is 0 Å². The molecule has 0 aliphatic rings. The van der Waals surface area contributed by atoms with Crippen LogP contribution in [0.15, 0.2) is 29.2 Å². The fourth-order valence-electron chi connectivity index (χ4n) is 1.14. The molecule has 6 heteroatoms. The minimum atomic E-state index is -4.53. The molecule has 92 valence electrons. The summed E-state index contributed by atoms with van der Waals surface area (Å²) in [5, 5.41) is 2.88. The third-order valence-corrected chi connectivity index (χ3v) is 3.45. The Kier molecular flexibility index (Phi) is 4.07. The molecular formula is C11H11F2NO2S. The molecule has 17 heavy (non-hydrogen) atoms. The summed E-state index contributed by atoms with van der Waals surface area (Å²) in [6.45, 7) is 1.74. The van der Waals surface area contributed by atoms with Crippen molar-refractivity contribution in [2.45, 2.75) is 23.6 Å². The predicted molar refractivity (Wildman–Crippen MR) is 61.5 cm³/mol. The standard InChI is InChI=1S/C11H11F2NO2S/c1-3-8(2)14-9-4-6-10(7-5-9)17(15,16)11(12)13/h1,4-8,11,14H,2H3. The van der Waals surface area contributed by atoms with Gasteiger partial charge in [-0.3, -0.25) is 0 Å². The normalized spacial score (nSPS) is 13.1. The van der Waals surface area contributed by atoms with Gasteiger partial charge >= 0.3 is 5.76 Å². The lowest BCUT2D eigenvalue weighted by molar-refractivity contribution is 0.234. The van der Waals surface area contributed by atoms with Crippen molar-refractivity contribution in [3.63, 3.8) is 0 Å². The van der Waals surface area contributed by atoms with E-state index < -0.39 is 20.5 Å². The zero-order chi connectivity index (χ0) is 13.1. The van der Waals surface area contributed by atoms with Gasteiger partial charge in [-0.15, -0.1) is 6.42 Å². The maximum atomic E-state index is 12.2. The highest BCUT2D eigenvalue weighted by Crippen LogP contribution is 2.20. The molecule has 3 nitrogen and oxygen atoms in total. The molecule has 0 aliphatic carbocycles. The number of hydrogen-bond donors (Lipinski definition) is 1. The summed E-state index contributed by atoms with van der Waals surface area (Å²) in [5.41, 5.74) is 0.573. The first-order valence-electron chi connectivity index (χ1n) is 4.72. The van der Waals surface area contributed by atoms with E-state index in [1.54, 1.807) is 6.92 Å². The lowest BCUT2D eigenvalue weighted by atomic mass is 10.3. The largest absolute Gasteiger partial charge is 0.372 e. The van der Waals surface area contributed by atoms with Crippen molar-refractivity contribution in [2.75, 3.05) is 5.32 Å². The monoisotopic (exact) mass is 259 g/mol. The van der Waals surface area contributed by atoms with Gasteiger partial charge < -0.3 is 5.32 Å². The molecular weight excluding hydrogens is 248 g/mol. The Labute approximate surface area is 98.8 Å². The van der Waals surface area contributed by atoms with Gasteiger partial charge in [-0.1, -0.05) is 5.92 Å². The number of alkyl halides is 2. The third-order valence-electron chi connectivity index (χ3n) is 2.05. The number of nitrogens with one attached hydrogen (secondary N) is 1. The molecule has 0 bridgehead atoms. The van der Waals surface area contributed by atoms with Crippen LogP contribution in [0.4, 0.5) is 14.5 Å². The summed E-state index contributed by atoms with van der Waals surface area (Å²) in [6, 6.07) is 4.79. The first-order valence-corrected chi connectivity index (χ1v) is 6.27. The summed E-state index contributed by atoms with van der Waals surface area (Å²) in [7, 11) is -4.53. The van der Waals surface area contributed by atoms with E-state index in [1.165, 1.54) is 12.1 Å². The Bertz CT molecular complexity index is 517. The predicted octanol–water partition coefficient (Wildman–Crippen LogP) is 2.12. The molecule has 0 aliphatic heterocycles. The molecule has 0 amide bonds. The quantitative estimate of drug-likeness (QED) is 0.842. The van der Waals surface area contributed by atoms with Crippen molar-refractivity contribution in [1.82, 2.24) is 0 Å². The average Bonchev–Trinajstić information content (AvgIpc) is 2.29. The van der Waals surface area contributed by atoms with E-state index in [1.807, 2.05) is 0 Å². The van der Waals surface area contributed by atoms with E-state index in [-0.39, 0.29) is 6.04 Å². The van der Waals surface area contributed by atoms with Crippen LogP contribution in [-0.4, -0.2) is 20.2 Å². The Morgan fingerprint density at radius 1 is 1.29 bits per heavy atom. The van der Waals surface area contributed by atoms with Gasteiger partial charge in [0.15, 0.2) is 0 Å². The van der Waals surface area contributed by atoms with Crippen LogP contribution in [0.2, 0.25) is 0 Å². The molecule has 1 aromatic rings. The lowest BCUT2D eigenvalue weighted by Gasteiger charge is -2.09. The molecule has 1 atom stereocenters. The zero-order valence-corrected chi connectivity index (χ0v) is 9.84. The number of halogens is 2. The molecule has 0 heterocycles. The summed E-state index contributed by atoms with van der Waals surface area (Å²) < 4.78 is 46.7. The van der Waals surface area contributed by atoms with Crippen LogP contribution in [0.1, 0.15) is 6.92 Å². The van der Waals surface area contributed by atoms with Crippen molar-refractivity contribution >= 4 is 15.5 Å². The highest BCUT2D eigenvalue weighted by molar-refractivity contribution is 7.91. The van der Waals surface area contributed by atoms with Crippen LogP contribution in [0.3, 0.4) is 0 Å². The van der Waals surface area contributed by atoms with Crippen LogP contribution in [0.25, 0.3) is 0 Å². The van der Waals surface area contributed by atoms with Crippen molar-refractivity contribution < 1.29 is 17.2 Å². The molecule has 0 fully saturated rings. The van der Waals surface area contributed by atoms with E-state index in [0.717, 1.165) is 12.1 Å². The fraction of sp³-hybridized carbons (Fsp3) is 0.273. The minimum absolute atomic E-state index is 0.229. The Morgan fingerprint density at radius 2 is 1.82 bits per heavy atom. The molecule has 0 aromatic heterocycles. The third kappa shape index (κ3) is 3.17. The van der Waals surface area contributed by atoms with E-state index in [2.05, 4.69) is 11.2 Å². The Balaban J connectivity index is 2.94. The van der Waals surface area contributed by atoms with E-state index >= 15 is 0 Å². The molecule has 0 radical (unpaired) electrons. The topological polar surface area (TPSA) is 46.2 Å². The average molecular weight is 259 g/mol. The number of rotatable bonds is 4. The summed E-state index contributed by atoms with van der Waals surface area (Å²) >= 11 is 0. The van der Waals surface area contributed by atoms with Gasteiger partial charge in [-0.05, 0) is 31.2 Å². The van der Waals surface area contributed by atoms with Gasteiger partial charge in [0, 0.05) is 5.69 Å². The molecule has 1 rings (SSSR count). The van der Waals surface area contributed by atoms with Gasteiger partial charge in [0.05, 0.1) is 10.9 Å². The maximum Gasteiger partial charge on any atom is 0.341 e. The number of anilines is 1. The highest BCUT2D eigenvalue weighted by Gasteiger charge is 2.26. The first-order chi connectivity index (χ1) is 7.87. The molecule has 1 aromatic carbocycles. The van der Waals surface area contributed by atoms with E-state index in [9.17, 15) is 17.2 Å². The van der Waals surface area contributed by atoms with Crippen LogP contribution in [0, 0.1) is 12.3 Å². The van der Waals surface area contributed by atoms with Gasteiger partial charge in [-0.25, -0.2) is 8.42 Å². The molecule has 0 saturated carbocycles. The van der Waals surface area contributed by atoms with Crippen molar-refractivity contribution in [2.24, 2.45) is 0 Å². The highest BCUT2D eigenvalue weighted by atomic mass is 32.2. The summed E-state index contributed by atoms with van der Waals surface area (Å²) in [5.74, 6) is -0.984. The van der Waals surface area contributed by atoms with Crippen LogP contribution in [-0.2, 0) is 9.84 Å². The molecule has 1 unspecified atom stereocenters. The van der Waals surface area contributed by atoms with E-state index in [0.29, 0.717) is 5.69 Å². The number of sulfone groups is 1. The second-order valence-electron chi connectivity index (χ2n) is 3.36. The fourth-order valence-corrected chi connectivity index (χ4v) is 1.86. The number of benzene rings is 1. The maximum absolute atomic E-state index is 12.2. The molecule has 0 spiro atoms. The van der Waals surface area contributed by atoms with Gasteiger partial charge in [-0.2, -0.15) is 8.78 Å². The molecule has 0 saturated heterocycles. The van der Waals surface area contributed by atoms with E-state index in [4.69, 9.17) is 6.42 Å². The zero-order valence-electron chi connectivity index (χ0n) is 9.02. The first kappa shape index (κ1) is 13.5. The Morgan fingerprint density at radius 3 is 2.24 bits per heavy atom. The minimum Gasteiger partial charge on any atom is -0.372 e. The number of hydrogen-bond acceptors (Lipinski definition) is 3.